The summed E-state index contributed by atoms with van der Waals surface area (Å²) < 4.78 is 10.7. The third-order valence-corrected chi connectivity index (χ3v) is 3.31. The fraction of sp³-hybridized carbons (Fsp3) is 0.375. The number of rotatable bonds is 5. The number of furan rings is 1. The van der Waals surface area contributed by atoms with Crippen LogP contribution in [-0.2, 0) is 12.8 Å². The lowest BCUT2D eigenvalue weighted by Crippen LogP contribution is -2.04. The van der Waals surface area contributed by atoms with Gasteiger partial charge in [0.25, 0.3) is 0 Å². The number of methoxy groups -OCH3 is 1. The lowest BCUT2D eigenvalue weighted by atomic mass is 9.99. The monoisotopic (exact) mass is 260 g/mol. The van der Waals surface area contributed by atoms with Crippen molar-refractivity contribution in [3.8, 4) is 5.75 Å². The van der Waals surface area contributed by atoms with Crippen molar-refractivity contribution in [2.75, 3.05) is 7.11 Å². The van der Waals surface area contributed by atoms with Crippen molar-refractivity contribution in [1.29, 1.82) is 0 Å². The maximum atomic E-state index is 10.4. The first-order valence-corrected chi connectivity index (χ1v) is 6.53. The molecule has 1 N–H and O–H groups in total. The van der Waals surface area contributed by atoms with Crippen molar-refractivity contribution >= 4 is 0 Å². The van der Waals surface area contributed by atoms with Crippen LogP contribution in [0.25, 0.3) is 0 Å². The van der Waals surface area contributed by atoms with Gasteiger partial charge in [-0.1, -0.05) is 24.6 Å². The van der Waals surface area contributed by atoms with E-state index < -0.39 is 6.10 Å². The smallest absolute Gasteiger partial charge is 0.122 e. The minimum atomic E-state index is -0.565. The lowest BCUT2D eigenvalue weighted by Gasteiger charge is -2.14. The van der Waals surface area contributed by atoms with E-state index in [1.165, 1.54) is 0 Å². The molecule has 1 aromatic heterocycles. The molecule has 102 valence electrons. The molecule has 0 bridgehead atoms. The van der Waals surface area contributed by atoms with Gasteiger partial charge in [0.2, 0.25) is 0 Å². The summed E-state index contributed by atoms with van der Waals surface area (Å²) in [5, 5.41) is 10.4. The van der Waals surface area contributed by atoms with Crippen LogP contribution in [0.3, 0.4) is 0 Å². The van der Waals surface area contributed by atoms with Gasteiger partial charge < -0.3 is 14.3 Å². The fourth-order valence-electron chi connectivity index (χ4n) is 2.32. The van der Waals surface area contributed by atoms with E-state index in [1.807, 2.05) is 38.1 Å². The summed E-state index contributed by atoms with van der Waals surface area (Å²) >= 11 is 0. The highest BCUT2D eigenvalue weighted by atomic mass is 16.5. The van der Waals surface area contributed by atoms with Crippen molar-refractivity contribution < 1.29 is 14.3 Å². The van der Waals surface area contributed by atoms with Crippen LogP contribution in [-0.4, -0.2) is 12.2 Å². The van der Waals surface area contributed by atoms with Gasteiger partial charge in [-0.2, -0.15) is 0 Å². The Morgan fingerprint density at radius 2 is 2.11 bits per heavy atom. The summed E-state index contributed by atoms with van der Waals surface area (Å²) in [5.74, 6) is 1.66. The van der Waals surface area contributed by atoms with Gasteiger partial charge in [0.05, 0.1) is 19.5 Å². The highest BCUT2D eigenvalue weighted by Crippen LogP contribution is 2.28. The molecule has 3 nitrogen and oxygen atoms in total. The Kier molecular flexibility index (Phi) is 4.27. The molecule has 0 fully saturated rings. The molecule has 0 aliphatic rings. The number of hydrogen-bond donors (Lipinski definition) is 1. The third-order valence-electron chi connectivity index (χ3n) is 3.31. The topological polar surface area (TPSA) is 42.6 Å². The Hall–Kier alpha value is -1.74. The molecule has 19 heavy (non-hydrogen) atoms. The number of hydrogen-bond acceptors (Lipinski definition) is 3. The number of aryl methyl sites for hydroxylation is 2. The molecule has 0 aliphatic heterocycles. The summed E-state index contributed by atoms with van der Waals surface area (Å²) in [6.45, 7) is 4.05. The minimum absolute atomic E-state index is 0.525. The molecule has 3 heteroatoms. The second-order valence-electron chi connectivity index (χ2n) is 4.69. The van der Waals surface area contributed by atoms with Gasteiger partial charge in [-0.3, -0.25) is 0 Å². The second-order valence-corrected chi connectivity index (χ2v) is 4.69. The number of benzene rings is 1. The van der Waals surface area contributed by atoms with Crippen LogP contribution in [0, 0.1) is 6.92 Å². The van der Waals surface area contributed by atoms with Gasteiger partial charge in [0.1, 0.15) is 11.5 Å². The minimum Gasteiger partial charge on any atom is -0.496 e. The average Bonchev–Trinajstić information content (AvgIpc) is 2.87. The maximum absolute atomic E-state index is 10.4. The summed E-state index contributed by atoms with van der Waals surface area (Å²) in [6, 6.07) is 7.83. The average molecular weight is 260 g/mol. The van der Waals surface area contributed by atoms with E-state index in [1.54, 1.807) is 13.4 Å². The van der Waals surface area contributed by atoms with Crippen molar-refractivity contribution in [3.05, 3.63) is 53.0 Å². The maximum Gasteiger partial charge on any atom is 0.122 e. The molecule has 1 heterocycles. The zero-order valence-electron chi connectivity index (χ0n) is 11.6. The Morgan fingerprint density at radius 3 is 2.79 bits per heavy atom. The molecule has 2 rings (SSSR count). The first kappa shape index (κ1) is 13.7. The summed E-state index contributed by atoms with van der Waals surface area (Å²) in [4.78, 5) is 0. The van der Waals surface area contributed by atoms with Gasteiger partial charge in [-0.05, 0) is 24.6 Å². The molecule has 0 radical (unpaired) electrons. The van der Waals surface area contributed by atoms with Crippen LogP contribution in [0.1, 0.15) is 35.5 Å². The second kappa shape index (κ2) is 5.93. The molecule has 0 amide bonds. The van der Waals surface area contributed by atoms with Crippen LogP contribution < -0.4 is 4.74 Å². The van der Waals surface area contributed by atoms with Crippen molar-refractivity contribution in [2.24, 2.45) is 0 Å². The Labute approximate surface area is 113 Å². The summed E-state index contributed by atoms with van der Waals surface area (Å²) in [5.41, 5.74) is 3.04. The number of aliphatic hydroxyl groups is 1. The van der Waals surface area contributed by atoms with Gasteiger partial charge in [-0.25, -0.2) is 0 Å². The van der Waals surface area contributed by atoms with Crippen LogP contribution in [0.15, 0.2) is 34.9 Å². The van der Waals surface area contributed by atoms with Crippen LogP contribution in [0.5, 0.6) is 5.75 Å². The molecule has 0 aliphatic carbocycles. The van der Waals surface area contributed by atoms with Crippen molar-refractivity contribution in [3.63, 3.8) is 0 Å². The first-order valence-electron chi connectivity index (χ1n) is 6.53. The van der Waals surface area contributed by atoms with Gasteiger partial charge in [0.15, 0.2) is 0 Å². The van der Waals surface area contributed by atoms with Crippen LogP contribution in [0.4, 0.5) is 0 Å². The molecular weight excluding hydrogens is 240 g/mol. The number of aliphatic hydroxyl groups excluding tert-OH is 1. The molecule has 1 atom stereocenters. The lowest BCUT2D eigenvalue weighted by molar-refractivity contribution is 0.174. The van der Waals surface area contributed by atoms with E-state index >= 15 is 0 Å². The van der Waals surface area contributed by atoms with Crippen molar-refractivity contribution in [2.45, 2.75) is 32.8 Å². The molecule has 0 saturated heterocycles. The predicted molar refractivity (Wildman–Crippen MR) is 74.5 cm³/mol. The third kappa shape index (κ3) is 2.99. The molecule has 2 aromatic rings. The van der Waals surface area contributed by atoms with Crippen LogP contribution in [0.2, 0.25) is 0 Å². The van der Waals surface area contributed by atoms with Gasteiger partial charge in [0, 0.05) is 18.4 Å². The molecule has 1 unspecified atom stereocenters. The van der Waals surface area contributed by atoms with Gasteiger partial charge >= 0.3 is 0 Å². The van der Waals surface area contributed by atoms with E-state index in [4.69, 9.17) is 9.15 Å². The highest BCUT2D eigenvalue weighted by Gasteiger charge is 2.16. The molecule has 1 aromatic carbocycles. The van der Waals surface area contributed by atoms with E-state index in [-0.39, 0.29) is 0 Å². The SMILES string of the molecule is CCc1occc1C(O)Cc1cc(C)ccc1OC. The highest BCUT2D eigenvalue weighted by molar-refractivity contribution is 5.38. The molecular formula is C16H20O3. The van der Waals surface area contributed by atoms with Crippen molar-refractivity contribution in [1.82, 2.24) is 0 Å². The van der Waals surface area contributed by atoms with E-state index in [0.29, 0.717) is 6.42 Å². The normalized spacial score (nSPS) is 12.4. The number of ether oxygens (including phenoxy) is 1. The summed E-state index contributed by atoms with van der Waals surface area (Å²) in [6.07, 6.45) is 2.37. The quantitative estimate of drug-likeness (QED) is 0.895. The zero-order valence-corrected chi connectivity index (χ0v) is 11.6. The first-order chi connectivity index (χ1) is 9.15. The standard InChI is InChI=1S/C16H20O3/c1-4-15-13(7-8-19-15)14(17)10-12-9-11(2)5-6-16(12)18-3/h5-9,14,17H,4,10H2,1-3H3. The predicted octanol–water partition coefficient (Wildman–Crippen LogP) is 3.44. The molecule has 0 saturated carbocycles. The Bertz CT molecular complexity index is 543. The van der Waals surface area contributed by atoms with E-state index in [0.717, 1.165) is 34.6 Å². The summed E-state index contributed by atoms with van der Waals surface area (Å²) in [7, 11) is 1.65. The van der Waals surface area contributed by atoms with E-state index in [2.05, 4.69) is 0 Å². The fourth-order valence-corrected chi connectivity index (χ4v) is 2.32. The Balaban J connectivity index is 2.23. The Morgan fingerprint density at radius 1 is 1.32 bits per heavy atom. The van der Waals surface area contributed by atoms with Crippen LogP contribution >= 0.6 is 0 Å². The van der Waals surface area contributed by atoms with E-state index in [9.17, 15) is 5.11 Å². The largest absolute Gasteiger partial charge is 0.496 e. The molecule has 0 spiro atoms. The van der Waals surface area contributed by atoms with Gasteiger partial charge in [-0.15, -0.1) is 0 Å². The zero-order chi connectivity index (χ0) is 13.8.